The number of rotatable bonds is 2. The van der Waals surface area contributed by atoms with Crippen LogP contribution in [0.2, 0.25) is 0 Å². The van der Waals surface area contributed by atoms with Crippen molar-refractivity contribution < 1.29 is 5.11 Å². The van der Waals surface area contributed by atoms with Crippen molar-refractivity contribution in [3.8, 4) is 0 Å². The van der Waals surface area contributed by atoms with Crippen molar-refractivity contribution in [2.75, 3.05) is 7.05 Å². The van der Waals surface area contributed by atoms with E-state index in [2.05, 4.69) is 57.3 Å². The zero-order valence-corrected chi connectivity index (χ0v) is 19.5. The fourth-order valence-electron chi connectivity index (χ4n) is 5.67. The zero-order valence-electron chi connectivity index (χ0n) is 19.5. The van der Waals surface area contributed by atoms with Gasteiger partial charge in [-0.15, -0.1) is 0 Å². The molecule has 2 N–H and O–H groups in total. The highest BCUT2D eigenvalue weighted by molar-refractivity contribution is 5.34. The Labute approximate surface area is 174 Å². The van der Waals surface area contributed by atoms with Crippen LogP contribution in [0.4, 0.5) is 0 Å². The maximum Gasteiger partial charge on any atom is 0.0596 e. The summed E-state index contributed by atoms with van der Waals surface area (Å²) in [6.07, 6.45) is 8.52. The van der Waals surface area contributed by atoms with Crippen LogP contribution >= 0.6 is 0 Å². The molecular weight excluding hydrogens is 342 g/mol. The summed E-state index contributed by atoms with van der Waals surface area (Å²) in [5, 5.41) is 13.6. The predicted octanol–water partition coefficient (Wildman–Crippen LogP) is 6.32. The van der Waals surface area contributed by atoms with Gasteiger partial charge in [0.15, 0.2) is 0 Å². The molecular formula is C26H45NO. The molecule has 2 nitrogen and oxygen atoms in total. The van der Waals surface area contributed by atoms with Crippen molar-refractivity contribution >= 4 is 0 Å². The third kappa shape index (κ3) is 4.65. The predicted molar refractivity (Wildman–Crippen MR) is 122 cm³/mol. The van der Waals surface area contributed by atoms with Gasteiger partial charge in [0.05, 0.1) is 6.10 Å². The summed E-state index contributed by atoms with van der Waals surface area (Å²) in [5.74, 6) is 2.36. The Balaban J connectivity index is 0.000000268. The first-order valence-electron chi connectivity index (χ1n) is 11.8. The van der Waals surface area contributed by atoms with Crippen LogP contribution in [0.5, 0.6) is 0 Å². The Hall–Kier alpha value is -0.860. The number of aryl methyl sites for hydroxylation is 1. The van der Waals surface area contributed by atoms with E-state index in [1.807, 2.05) is 20.9 Å². The minimum Gasteiger partial charge on any atom is -0.393 e. The van der Waals surface area contributed by atoms with Crippen molar-refractivity contribution in [3.05, 3.63) is 35.4 Å². The summed E-state index contributed by atoms with van der Waals surface area (Å²) in [6, 6.07) is 9.08. The lowest BCUT2D eigenvalue weighted by Gasteiger charge is -2.50. The molecule has 0 aromatic heterocycles. The topological polar surface area (TPSA) is 32.3 Å². The van der Waals surface area contributed by atoms with Crippen LogP contribution in [0.1, 0.15) is 97.1 Å². The van der Waals surface area contributed by atoms with Gasteiger partial charge in [-0.2, -0.15) is 0 Å². The minimum absolute atomic E-state index is 0.0457. The molecule has 3 aliphatic carbocycles. The molecule has 0 bridgehead atoms. The number of hydrogen-bond acceptors (Lipinski definition) is 2. The number of nitrogens with one attached hydrogen (secondary N) is 1. The highest BCUT2D eigenvalue weighted by Gasteiger charge is 2.54. The van der Waals surface area contributed by atoms with E-state index < -0.39 is 0 Å². The Kier molecular flexibility index (Phi) is 8.16. The molecule has 0 spiro atoms. The lowest BCUT2D eigenvalue weighted by molar-refractivity contribution is -0.0226. The van der Waals surface area contributed by atoms with Gasteiger partial charge in [0, 0.05) is 5.54 Å². The molecule has 1 aromatic rings. The molecule has 28 heavy (non-hydrogen) atoms. The van der Waals surface area contributed by atoms with Crippen LogP contribution in [-0.2, 0) is 6.42 Å². The zero-order chi connectivity index (χ0) is 20.9. The SMILES string of the molecule is CC.CC12CCC3c4ccccc4CCC3C1CCC2O.CCC(C)(C)NC. The quantitative estimate of drug-likeness (QED) is 0.622. The van der Waals surface area contributed by atoms with Gasteiger partial charge in [-0.25, -0.2) is 0 Å². The molecule has 2 saturated carbocycles. The molecule has 1 aromatic carbocycles. The van der Waals surface area contributed by atoms with Gasteiger partial charge in [-0.05, 0) is 100 Å². The number of hydrogen-bond donors (Lipinski definition) is 2. The second kappa shape index (κ2) is 9.76. The lowest BCUT2D eigenvalue weighted by Crippen LogP contribution is -2.43. The first kappa shape index (κ1) is 23.4. The molecule has 0 saturated heterocycles. The van der Waals surface area contributed by atoms with Crippen LogP contribution < -0.4 is 5.32 Å². The molecule has 3 aliphatic rings. The number of aliphatic hydroxyl groups is 1. The van der Waals surface area contributed by atoms with Crippen molar-refractivity contribution in [2.45, 2.75) is 104 Å². The minimum atomic E-state index is -0.0457. The maximum atomic E-state index is 10.4. The first-order valence-corrected chi connectivity index (χ1v) is 11.8. The Morgan fingerprint density at radius 3 is 2.39 bits per heavy atom. The van der Waals surface area contributed by atoms with Crippen LogP contribution in [0, 0.1) is 17.3 Å². The fraction of sp³-hybridized carbons (Fsp3) is 0.769. The molecule has 0 amide bonds. The molecule has 0 aliphatic heterocycles. The number of aliphatic hydroxyl groups excluding tert-OH is 1. The van der Waals surface area contributed by atoms with E-state index in [0.717, 1.165) is 24.2 Å². The van der Waals surface area contributed by atoms with E-state index in [1.54, 1.807) is 11.1 Å². The van der Waals surface area contributed by atoms with E-state index in [0.29, 0.717) is 5.54 Å². The van der Waals surface area contributed by atoms with Crippen LogP contribution in [-0.4, -0.2) is 23.8 Å². The van der Waals surface area contributed by atoms with Crippen LogP contribution in [0.15, 0.2) is 24.3 Å². The van der Waals surface area contributed by atoms with Gasteiger partial charge in [0.2, 0.25) is 0 Å². The molecule has 160 valence electrons. The first-order chi connectivity index (χ1) is 13.3. The molecule has 5 unspecified atom stereocenters. The van der Waals surface area contributed by atoms with Crippen molar-refractivity contribution in [1.82, 2.24) is 5.32 Å². The van der Waals surface area contributed by atoms with Gasteiger partial charge in [-0.3, -0.25) is 0 Å². The summed E-state index contributed by atoms with van der Waals surface area (Å²) in [4.78, 5) is 0. The van der Waals surface area contributed by atoms with Gasteiger partial charge in [0.25, 0.3) is 0 Å². The standard InChI is InChI=1S/C18H24O.C6H15N.C2H6/c1-18-11-10-14-13-5-3-2-4-12(13)6-7-15(14)16(18)8-9-17(18)19;1-5-6(2,3)7-4;1-2/h2-5,14-17,19H,6-11H2,1H3;7H,5H2,1-4H3;1-2H3. The van der Waals surface area contributed by atoms with Gasteiger partial charge in [-0.1, -0.05) is 52.0 Å². The molecule has 5 atom stereocenters. The number of benzene rings is 1. The maximum absolute atomic E-state index is 10.4. The third-order valence-corrected chi connectivity index (χ3v) is 8.15. The van der Waals surface area contributed by atoms with Gasteiger partial charge in [0.1, 0.15) is 0 Å². The second-order valence-electron chi connectivity index (χ2n) is 9.74. The molecule has 0 radical (unpaired) electrons. The summed E-state index contributed by atoms with van der Waals surface area (Å²) < 4.78 is 0. The van der Waals surface area contributed by atoms with Gasteiger partial charge < -0.3 is 10.4 Å². The van der Waals surface area contributed by atoms with E-state index >= 15 is 0 Å². The monoisotopic (exact) mass is 387 g/mol. The van der Waals surface area contributed by atoms with Crippen molar-refractivity contribution in [3.63, 3.8) is 0 Å². The highest BCUT2D eigenvalue weighted by Crippen LogP contribution is 2.60. The molecule has 0 heterocycles. The Bertz CT molecular complexity index is 604. The fourth-order valence-corrected chi connectivity index (χ4v) is 5.67. The van der Waals surface area contributed by atoms with Crippen LogP contribution in [0.3, 0.4) is 0 Å². The van der Waals surface area contributed by atoms with Crippen LogP contribution in [0.25, 0.3) is 0 Å². The smallest absolute Gasteiger partial charge is 0.0596 e. The van der Waals surface area contributed by atoms with E-state index in [4.69, 9.17) is 0 Å². The summed E-state index contributed by atoms with van der Waals surface area (Å²) in [7, 11) is 1.99. The Morgan fingerprint density at radius 1 is 1.11 bits per heavy atom. The number of fused-ring (bicyclic) bond motifs is 5. The summed E-state index contributed by atoms with van der Waals surface area (Å²) in [5.41, 5.74) is 3.76. The largest absolute Gasteiger partial charge is 0.393 e. The van der Waals surface area contributed by atoms with E-state index in [9.17, 15) is 5.11 Å². The van der Waals surface area contributed by atoms with Crippen molar-refractivity contribution in [1.29, 1.82) is 0 Å². The average molecular weight is 388 g/mol. The third-order valence-electron chi connectivity index (χ3n) is 8.15. The molecule has 2 heteroatoms. The normalized spacial score (nSPS) is 33.3. The highest BCUT2D eigenvalue weighted by atomic mass is 16.3. The second-order valence-corrected chi connectivity index (χ2v) is 9.74. The molecule has 2 fully saturated rings. The lowest BCUT2D eigenvalue weighted by atomic mass is 9.55. The van der Waals surface area contributed by atoms with Crippen molar-refractivity contribution in [2.24, 2.45) is 17.3 Å². The average Bonchev–Trinajstić information content (AvgIpc) is 3.04. The van der Waals surface area contributed by atoms with E-state index in [-0.39, 0.29) is 11.5 Å². The Morgan fingerprint density at radius 2 is 1.79 bits per heavy atom. The summed E-state index contributed by atoms with van der Waals surface area (Å²) >= 11 is 0. The summed E-state index contributed by atoms with van der Waals surface area (Å²) in [6.45, 7) is 12.9. The molecule has 4 rings (SSSR count). The van der Waals surface area contributed by atoms with E-state index in [1.165, 1.54) is 38.5 Å². The van der Waals surface area contributed by atoms with Gasteiger partial charge >= 0.3 is 0 Å².